The fourth-order valence-electron chi connectivity index (χ4n) is 3.22. The van der Waals surface area contributed by atoms with Gasteiger partial charge in [-0.3, -0.25) is 23.7 Å². The molecular weight excluding hydrogens is 521 g/mol. The minimum Gasteiger partial charge on any atom is -0.481 e. The Hall–Kier alpha value is -4.29. The Morgan fingerprint density at radius 1 is 1.19 bits per heavy atom. The zero-order chi connectivity index (χ0) is 26.5. The molecule has 4 aromatic rings. The summed E-state index contributed by atoms with van der Waals surface area (Å²) in [6.45, 7) is 1.27. The number of carbonyl (C=O) groups is 2. The van der Waals surface area contributed by atoms with E-state index in [4.69, 9.17) is 31.3 Å². The summed E-state index contributed by atoms with van der Waals surface area (Å²) >= 11 is 6.44. The molecule has 1 amide bonds. The van der Waals surface area contributed by atoms with Crippen LogP contribution in [-0.4, -0.2) is 35.6 Å². The summed E-state index contributed by atoms with van der Waals surface area (Å²) < 4.78 is 26.1. The van der Waals surface area contributed by atoms with Crippen LogP contribution in [-0.2, 0) is 16.1 Å². The number of carboxylic acids is 1. The van der Waals surface area contributed by atoms with E-state index >= 15 is 0 Å². The third-order valence-corrected chi connectivity index (χ3v) is 6.18. The number of hydrogen-bond acceptors (Lipinski definition) is 8. The van der Waals surface area contributed by atoms with Crippen molar-refractivity contribution in [2.24, 2.45) is 0 Å². The second-order valence-corrected chi connectivity index (χ2v) is 9.16. The van der Waals surface area contributed by atoms with Gasteiger partial charge in [-0.05, 0) is 54.6 Å². The summed E-state index contributed by atoms with van der Waals surface area (Å²) in [5.41, 5.74) is 0.0117. The average Bonchev–Trinajstić information content (AvgIpc) is 3.46. The van der Waals surface area contributed by atoms with Crippen molar-refractivity contribution in [2.45, 2.75) is 13.5 Å². The number of hydrogen-bond donors (Lipinski definition) is 1. The van der Waals surface area contributed by atoms with Gasteiger partial charge >= 0.3 is 0 Å². The first-order valence-corrected chi connectivity index (χ1v) is 11.9. The maximum Gasteiger partial charge on any atom is 0.300 e. The number of carboxylic acid groups (broad SMARTS) is 1. The molecule has 5 rings (SSSR count). The summed E-state index contributed by atoms with van der Waals surface area (Å²) in [5.74, 6) is -0.737. The fourth-order valence-corrected chi connectivity index (χ4v) is 4.46. The first-order valence-electron chi connectivity index (χ1n) is 10.6. The Balaban J connectivity index is 0.000000747. The molecule has 1 aliphatic rings. The normalized spacial score (nSPS) is 14.1. The zero-order valence-corrected chi connectivity index (χ0v) is 20.8. The van der Waals surface area contributed by atoms with Gasteiger partial charge in [0.15, 0.2) is 0 Å². The molecule has 0 bridgehead atoms. The van der Waals surface area contributed by atoms with Crippen LogP contribution >= 0.6 is 24.0 Å². The molecule has 0 unspecified atom stereocenters. The number of furan rings is 1. The van der Waals surface area contributed by atoms with Crippen LogP contribution < -0.4 is 10.3 Å². The molecule has 0 atom stereocenters. The molecule has 0 spiro atoms. The van der Waals surface area contributed by atoms with Crippen molar-refractivity contribution in [3.63, 3.8) is 0 Å². The van der Waals surface area contributed by atoms with Gasteiger partial charge in [0.25, 0.3) is 17.4 Å². The van der Waals surface area contributed by atoms with E-state index in [1.807, 2.05) is 0 Å². The lowest BCUT2D eigenvalue weighted by molar-refractivity contribution is -0.134. The first-order chi connectivity index (χ1) is 17.7. The highest BCUT2D eigenvalue weighted by molar-refractivity contribution is 8.26. The van der Waals surface area contributed by atoms with Crippen LogP contribution in [0.15, 0.2) is 81.2 Å². The lowest BCUT2D eigenvalue weighted by atomic mass is 10.2. The van der Waals surface area contributed by atoms with Crippen LogP contribution in [0.3, 0.4) is 0 Å². The molecule has 1 N–H and O–H groups in total. The van der Waals surface area contributed by atoms with Gasteiger partial charge in [0.1, 0.15) is 32.9 Å². The van der Waals surface area contributed by atoms with Crippen molar-refractivity contribution in [2.75, 3.05) is 0 Å². The summed E-state index contributed by atoms with van der Waals surface area (Å²) in [4.78, 5) is 41.4. The van der Waals surface area contributed by atoms with Crippen molar-refractivity contribution in [1.29, 1.82) is 0 Å². The molecule has 0 radical (unpaired) electrons. The standard InChI is InChI=1S/C23H14FN3O4S2.C2H4O2/c24-14-6-8-15(9-7-14)31-20-17(21(28)26-10-2-1-5-19(26)25-20)12-18-22(29)27(23(32)33-18)13-16-4-3-11-30-16;1-2(3)4/h1-12H,13H2;1H3,(H,3,4)/b18-12+;. The number of pyridine rings is 1. The van der Waals surface area contributed by atoms with Gasteiger partial charge in [0.05, 0.1) is 17.7 Å². The molecule has 37 heavy (non-hydrogen) atoms. The molecule has 0 saturated carbocycles. The largest absolute Gasteiger partial charge is 0.481 e. The van der Waals surface area contributed by atoms with Crippen LogP contribution in [0.5, 0.6) is 11.6 Å². The number of thioether (sulfide) groups is 1. The van der Waals surface area contributed by atoms with E-state index in [0.29, 0.717) is 21.5 Å². The van der Waals surface area contributed by atoms with E-state index in [2.05, 4.69) is 4.98 Å². The van der Waals surface area contributed by atoms with Crippen LogP contribution in [0.4, 0.5) is 4.39 Å². The highest BCUT2D eigenvalue weighted by Crippen LogP contribution is 2.35. The molecule has 1 saturated heterocycles. The SMILES string of the molecule is CC(=O)O.O=C1/C(=C\c2c(Oc3ccc(F)cc3)nc3ccccn3c2=O)SC(=S)N1Cc1ccco1. The van der Waals surface area contributed by atoms with Crippen molar-refractivity contribution in [1.82, 2.24) is 14.3 Å². The average molecular weight is 540 g/mol. The summed E-state index contributed by atoms with van der Waals surface area (Å²) in [5, 5.41) is 7.42. The predicted molar refractivity (Wildman–Crippen MR) is 139 cm³/mol. The summed E-state index contributed by atoms with van der Waals surface area (Å²) in [6.07, 6.45) is 4.52. The van der Waals surface area contributed by atoms with E-state index in [-0.39, 0.29) is 28.8 Å². The molecule has 4 heterocycles. The quantitative estimate of drug-likeness (QED) is 0.284. The van der Waals surface area contributed by atoms with Crippen LogP contribution in [0.1, 0.15) is 18.2 Å². The maximum atomic E-state index is 13.3. The number of rotatable bonds is 5. The van der Waals surface area contributed by atoms with Gasteiger partial charge in [0.2, 0.25) is 5.88 Å². The van der Waals surface area contributed by atoms with Gasteiger partial charge in [-0.1, -0.05) is 30.0 Å². The number of halogens is 1. The third kappa shape index (κ3) is 6.11. The monoisotopic (exact) mass is 539 g/mol. The summed E-state index contributed by atoms with van der Waals surface area (Å²) in [7, 11) is 0. The zero-order valence-electron chi connectivity index (χ0n) is 19.2. The number of aromatic nitrogens is 2. The number of aliphatic carboxylic acids is 1. The van der Waals surface area contributed by atoms with Crippen LogP contribution in [0.2, 0.25) is 0 Å². The van der Waals surface area contributed by atoms with E-state index < -0.39 is 17.3 Å². The molecule has 0 aliphatic carbocycles. The Labute approximate surface area is 218 Å². The van der Waals surface area contributed by atoms with E-state index in [1.165, 1.54) is 45.9 Å². The van der Waals surface area contributed by atoms with Crippen LogP contribution in [0.25, 0.3) is 11.7 Å². The second-order valence-electron chi connectivity index (χ2n) is 7.49. The number of ether oxygens (including phenoxy) is 1. The molecule has 188 valence electrons. The molecule has 3 aromatic heterocycles. The van der Waals surface area contributed by atoms with Gasteiger partial charge in [-0.15, -0.1) is 0 Å². The first kappa shape index (κ1) is 25.8. The Kier molecular flexibility index (Phi) is 7.80. The minimum absolute atomic E-state index is 0.00545. The molecule has 12 heteroatoms. The van der Waals surface area contributed by atoms with Crippen molar-refractivity contribution in [3.05, 3.63) is 99.5 Å². The van der Waals surface area contributed by atoms with Gasteiger partial charge in [0, 0.05) is 13.1 Å². The Bertz CT molecular complexity index is 1560. The van der Waals surface area contributed by atoms with E-state index in [0.717, 1.165) is 18.7 Å². The van der Waals surface area contributed by atoms with Gasteiger partial charge < -0.3 is 14.3 Å². The topological polar surface area (TPSA) is 114 Å². The minimum atomic E-state index is -0.833. The van der Waals surface area contributed by atoms with Crippen molar-refractivity contribution < 1.29 is 28.2 Å². The Morgan fingerprint density at radius 2 is 1.92 bits per heavy atom. The lowest BCUT2D eigenvalue weighted by Gasteiger charge is -2.12. The Morgan fingerprint density at radius 3 is 2.59 bits per heavy atom. The van der Waals surface area contributed by atoms with E-state index in [9.17, 15) is 14.0 Å². The van der Waals surface area contributed by atoms with Crippen molar-refractivity contribution in [3.8, 4) is 11.6 Å². The van der Waals surface area contributed by atoms with Crippen LogP contribution in [0, 0.1) is 5.82 Å². The number of amides is 1. The molecular formula is C25H18FN3O6S2. The number of nitrogens with zero attached hydrogens (tertiary/aromatic N) is 3. The summed E-state index contributed by atoms with van der Waals surface area (Å²) in [6, 6.07) is 13.9. The maximum absolute atomic E-state index is 13.3. The fraction of sp³-hybridized carbons (Fsp3) is 0.0800. The van der Waals surface area contributed by atoms with Crippen molar-refractivity contribution >= 4 is 51.9 Å². The highest BCUT2D eigenvalue weighted by Gasteiger charge is 2.33. The van der Waals surface area contributed by atoms with E-state index in [1.54, 1.807) is 36.5 Å². The molecule has 9 nitrogen and oxygen atoms in total. The number of benzene rings is 1. The predicted octanol–water partition coefficient (Wildman–Crippen LogP) is 4.71. The second kappa shape index (κ2) is 11.2. The molecule has 1 aliphatic heterocycles. The number of carbonyl (C=O) groups excluding carboxylic acids is 1. The number of thiocarbonyl (C=S) groups is 1. The van der Waals surface area contributed by atoms with Gasteiger partial charge in [-0.25, -0.2) is 4.39 Å². The lowest BCUT2D eigenvalue weighted by Crippen LogP contribution is -2.27. The van der Waals surface area contributed by atoms with Gasteiger partial charge in [-0.2, -0.15) is 4.98 Å². The molecule has 1 aromatic carbocycles. The molecule has 1 fully saturated rings. The highest BCUT2D eigenvalue weighted by atomic mass is 32.2. The third-order valence-electron chi connectivity index (χ3n) is 4.81. The smallest absolute Gasteiger partial charge is 0.300 e. The number of fused-ring (bicyclic) bond motifs is 1.